The molecular formula is C8H23NO2. The smallest absolute Gasteiger partial charge is 0.0981 e. The molecule has 0 aliphatic carbocycles. The van der Waals surface area contributed by atoms with Gasteiger partial charge in [-0.25, -0.2) is 0 Å². The van der Waals surface area contributed by atoms with Crippen molar-refractivity contribution in [3.05, 3.63) is 0 Å². The fraction of sp³-hybridized carbons (Fsp3) is 1.00. The minimum Gasteiger partial charge on any atom is -0.385 e. The van der Waals surface area contributed by atoms with Gasteiger partial charge >= 0.3 is 0 Å². The Hall–Kier alpha value is -0.120. The van der Waals surface area contributed by atoms with E-state index in [0.29, 0.717) is 6.73 Å². The zero-order valence-corrected chi connectivity index (χ0v) is 7.68. The van der Waals surface area contributed by atoms with Gasteiger partial charge in [-0.2, -0.15) is 0 Å². The molecule has 0 heterocycles. The predicted molar refractivity (Wildman–Crippen MR) is 49.8 cm³/mol. The summed E-state index contributed by atoms with van der Waals surface area (Å²) in [6.45, 7) is 3.49. The average Bonchev–Trinajstić information content (AvgIpc) is 1.89. The fourth-order valence-electron chi connectivity index (χ4n) is 0.258. The number of rotatable bonds is 3. The first kappa shape index (κ1) is 17.1. The summed E-state index contributed by atoms with van der Waals surface area (Å²) in [5, 5.41) is 0. The molecule has 0 spiro atoms. The van der Waals surface area contributed by atoms with Gasteiger partial charge in [-0.1, -0.05) is 7.43 Å². The molecular weight excluding hydrogens is 142 g/mol. The minimum absolute atomic E-state index is 0. The molecule has 0 N–H and O–H groups in total. The number of ether oxygens (including phenoxy) is 2. The second-order valence-electron chi connectivity index (χ2n) is 2.07. The van der Waals surface area contributed by atoms with Crippen LogP contribution in [0, 0.1) is 0 Å². The Morgan fingerprint density at radius 2 is 1.45 bits per heavy atom. The summed E-state index contributed by atoms with van der Waals surface area (Å²) >= 11 is 0. The SMILES string of the molecule is C.CCOC.COCN(C)C. The van der Waals surface area contributed by atoms with Gasteiger partial charge in [0.2, 0.25) is 0 Å². The van der Waals surface area contributed by atoms with Crippen LogP contribution in [-0.4, -0.2) is 46.6 Å². The van der Waals surface area contributed by atoms with Gasteiger partial charge in [0, 0.05) is 20.8 Å². The van der Waals surface area contributed by atoms with Gasteiger partial charge in [-0.15, -0.1) is 0 Å². The molecule has 0 amide bonds. The molecule has 0 saturated carbocycles. The number of hydrogen-bond acceptors (Lipinski definition) is 3. The van der Waals surface area contributed by atoms with E-state index in [1.807, 2.05) is 25.9 Å². The first-order chi connectivity index (χ1) is 4.68. The average molecular weight is 165 g/mol. The Morgan fingerprint density at radius 1 is 1.09 bits per heavy atom. The standard InChI is InChI=1S/C4H11NO.C3H8O.CH4/c1-5(2)4-6-3;1-3-4-2;/h4H2,1-3H3;3H2,1-2H3;1H4. The van der Waals surface area contributed by atoms with E-state index in [1.165, 1.54) is 0 Å². The van der Waals surface area contributed by atoms with Crippen LogP contribution < -0.4 is 0 Å². The van der Waals surface area contributed by atoms with Crippen LogP contribution in [0.25, 0.3) is 0 Å². The summed E-state index contributed by atoms with van der Waals surface area (Å²) in [7, 11) is 7.28. The number of nitrogens with zero attached hydrogens (tertiary/aromatic N) is 1. The first-order valence-corrected chi connectivity index (χ1v) is 3.31. The van der Waals surface area contributed by atoms with Gasteiger partial charge in [-0.3, -0.25) is 4.90 Å². The monoisotopic (exact) mass is 165 g/mol. The summed E-state index contributed by atoms with van der Waals surface area (Å²) in [6.07, 6.45) is 0. The Morgan fingerprint density at radius 3 is 1.45 bits per heavy atom. The van der Waals surface area contributed by atoms with Gasteiger partial charge in [0.1, 0.15) is 0 Å². The minimum atomic E-state index is 0. The summed E-state index contributed by atoms with van der Waals surface area (Å²) < 4.78 is 9.27. The van der Waals surface area contributed by atoms with Gasteiger partial charge in [0.05, 0.1) is 6.73 Å². The summed E-state index contributed by atoms with van der Waals surface area (Å²) in [5.41, 5.74) is 0. The van der Waals surface area contributed by atoms with E-state index in [-0.39, 0.29) is 7.43 Å². The zero-order valence-electron chi connectivity index (χ0n) is 7.68. The number of methoxy groups -OCH3 is 2. The third-order valence-electron chi connectivity index (χ3n) is 0.676. The molecule has 0 unspecified atom stereocenters. The van der Waals surface area contributed by atoms with Crippen molar-refractivity contribution >= 4 is 0 Å². The van der Waals surface area contributed by atoms with Crippen LogP contribution in [0.2, 0.25) is 0 Å². The van der Waals surface area contributed by atoms with Crippen molar-refractivity contribution in [1.82, 2.24) is 4.90 Å². The molecule has 0 radical (unpaired) electrons. The van der Waals surface area contributed by atoms with Crippen molar-refractivity contribution in [2.45, 2.75) is 14.4 Å². The van der Waals surface area contributed by atoms with Gasteiger partial charge in [0.15, 0.2) is 0 Å². The highest BCUT2D eigenvalue weighted by molar-refractivity contribution is 4.20. The van der Waals surface area contributed by atoms with Crippen molar-refractivity contribution < 1.29 is 9.47 Å². The van der Waals surface area contributed by atoms with Crippen LogP contribution in [0.4, 0.5) is 0 Å². The van der Waals surface area contributed by atoms with Crippen molar-refractivity contribution in [2.24, 2.45) is 0 Å². The molecule has 0 aliphatic heterocycles. The van der Waals surface area contributed by atoms with E-state index in [9.17, 15) is 0 Å². The topological polar surface area (TPSA) is 21.7 Å². The maximum atomic E-state index is 4.73. The third-order valence-corrected chi connectivity index (χ3v) is 0.676. The maximum absolute atomic E-state index is 4.73. The maximum Gasteiger partial charge on any atom is 0.0981 e. The number of hydrogen-bond donors (Lipinski definition) is 0. The molecule has 0 aliphatic rings. The Bertz CT molecular complexity index is 47.4. The fourth-order valence-corrected chi connectivity index (χ4v) is 0.258. The molecule has 0 saturated heterocycles. The second-order valence-corrected chi connectivity index (χ2v) is 2.07. The molecule has 0 rings (SSSR count). The third kappa shape index (κ3) is 40.8. The van der Waals surface area contributed by atoms with Gasteiger partial charge in [-0.05, 0) is 21.0 Å². The van der Waals surface area contributed by atoms with Crippen molar-refractivity contribution in [3.8, 4) is 0 Å². The highest BCUT2D eigenvalue weighted by Crippen LogP contribution is 1.68. The van der Waals surface area contributed by atoms with Crippen molar-refractivity contribution in [1.29, 1.82) is 0 Å². The largest absolute Gasteiger partial charge is 0.385 e. The lowest BCUT2D eigenvalue weighted by atomic mass is 10.9. The molecule has 3 heteroatoms. The van der Waals surface area contributed by atoms with Crippen molar-refractivity contribution in [3.63, 3.8) is 0 Å². The van der Waals surface area contributed by atoms with E-state index < -0.39 is 0 Å². The van der Waals surface area contributed by atoms with E-state index >= 15 is 0 Å². The molecule has 3 nitrogen and oxygen atoms in total. The van der Waals surface area contributed by atoms with Gasteiger partial charge in [0.25, 0.3) is 0 Å². The summed E-state index contributed by atoms with van der Waals surface area (Å²) in [5.74, 6) is 0. The highest BCUT2D eigenvalue weighted by atomic mass is 16.5. The normalized spacial score (nSPS) is 8.18. The molecule has 0 aromatic carbocycles. The Kier molecular flexibility index (Phi) is 25.6. The van der Waals surface area contributed by atoms with Crippen LogP contribution in [0.15, 0.2) is 0 Å². The Balaban J connectivity index is -0.000000114. The highest BCUT2D eigenvalue weighted by Gasteiger charge is 1.78. The predicted octanol–water partition coefficient (Wildman–Crippen LogP) is 1.44. The lowest BCUT2D eigenvalue weighted by Crippen LogP contribution is -2.13. The van der Waals surface area contributed by atoms with Gasteiger partial charge < -0.3 is 9.47 Å². The quantitative estimate of drug-likeness (QED) is 0.591. The molecule has 0 aromatic rings. The molecule has 0 bridgehead atoms. The van der Waals surface area contributed by atoms with E-state index in [1.54, 1.807) is 14.2 Å². The first-order valence-electron chi connectivity index (χ1n) is 3.31. The van der Waals surface area contributed by atoms with Crippen molar-refractivity contribution in [2.75, 3.05) is 41.7 Å². The summed E-state index contributed by atoms with van der Waals surface area (Å²) in [6, 6.07) is 0. The lowest BCUT2D eigenvalue weighted by molar-refractivity contribution is 0.0994. The van der Waals surface area contributed by atoms with Crippen LogP contribution in [-0.2, 0) is 9.47 Å². The summed E-state index contributed by atoms with van der Waals surface area (Å²) in [4.78, 5) is 1.96. The van der Waals surface area contributed by atoms with Crippen LogP contribution in [0.5, 0.6) is 0 Å². The van der Waals surface area contributed by atoms with Crippen LogP contribution >= 0.6 is 0 Å². The van der Waals surface area contributed by atoms with E-state index in [4.69, 9.17) is 4.74 Å². The zero-order chi connectivity index (χ0) is 8.41. The second kappa shape index (κ2) is 16.5. The molecule has 11 heavy (non-hydrogen) atoms. The lowest BCUT2D eigenvalue weighted by Gasteiger charge is -2.04. The van der Waals surface area contributed by atoms with Crippen LogP contribution in [0.3, 0.4) is 0 Å². The Labute approximate surface area is 71.3 Å². The van der Waals surface area contributed by atoms with E-state index in [2.05, 4.69) is 4.74 Å². The molecule has 0 fully saturated rings. The molecule has 0 aromatic heterocycles. The van der Waals surface area contributed by atoms with Crippen LogP contribution in [0.1, 0.15) is 14.4 Å². The molecule has 0 atom stereocenters. The molecule has 72 valence electrons. The van der Waals surface area contributed by atoms with E-state index in [0.717, 1.165) is 6.61 Å².